The van der Waals surface area contributed by atoms with Crippen LogP contribution in [-0.2, 0) is 13.1 Å². The molecule has 0 aliphatic carbocycles. The van der Waals surface area contributed by atoms with Gasteiger partial charge in [-0.2, -0.15) is 13.2 Å². The van der Waals surface area contributed by atoms with E-state index in [0.717, 1.165) is 21.8 Å². The van der Waals surface area contributed by atoms with Gasteiger partial charge in [0.15, 0.2) is 11.5 Å². The molecular weight excluding hydrogens is 467 g/mol. The number of aromatic nitrogens is 1. The first-order chi connectivity index (χ1) is 16.2. The monoisotopic (exact) mass is 493 g/mol. The number of carbonyl (C=O) groups is 1. The minimum atomic E-state index is -4.44. The molecule has 2 aromatic carbocycles. The van der Waals surface area contributed by atoms with Crippen LogP contribution in [-0.4, -0.2) is 49.3 Å². The number of methoxy groups -OCH3 is 1. The summed E-state index contributed by atoms with van der Waals surface area (Å²) in [6.45, 7) is 2.32. The minimum Gasteiger partial charge on any atom is -0.493 e. The zero-order valence-corrected chi connectivity index (χ0v) is 19.9. The first kappa shape index (κ1) is 25.5. The van der Waals surface area contributed by atoms with Crippen molar-refractivity contribution in [3.05, 3.63) is 64.7 Å². The van der Waals surface area contributed by atoms with Crippen LogP contribution in [0.5, 0.6) is 11.5 Å². The van der Waals surface area contributed by atoms with E-state index in [9.17, 15) is 18.0 Å². The normalized spacial score (nSPS) is 11.5. The lowest BCUT2D eigenvalue weighted by Gasteiger charge is -2.15. The van der Waals surface area contributed by atoms with Crippen LogP contribution < -0.4 is 14.8 Å². The van der Waals surface area contributed by atoms with Crippen LogP contribution in [0.1, 0.15) is 28.5 Å². The molecule has 6 nitrogen and oxygen atoms in total. The highest BCUT2D eigenvalue weighted by Crippen LogP contribution is 2.34. The van der Waals surface area contributed by atoms with E-state index in [1.54, 1.807) is 30.6 Å². The predicted octanol–water partition coefficient (Wildman–Crippen LogP) is 5.14. The highest BCUT2D eigenvalue weighted by Gasteiger charge is 2.27. The first-order valence-electron chi connectivity index (χ1n) is 10.6. The summed E-state index contributed by atoms with van der Waals surface area (Å²) in [5.41, 5.74) is 2.98. The van der Waals surface area contributed by atoms with E-state index >= 15 is 0 Å². The maximum atomic E-state index is 12.3. The molecule has 0 radical (unpaired) electrons. The van der Waals surface area contributed by atoms with Crippen LogP contribution >= 0.6 is 11.3 Å². The second-order valence-corrected chi connectivity index (χ2v) is 8.47. The average molecular weight is 494 g/mol. The molecule has 182 valence electrons. The summed E-state index contributed by atoms with van der Waals surface area (Å²) < 4.78 is 47.8. The van der Waals surface area contributed by atoms with Gasteiger partial charge in [0.1, 0.15) is 11.6 Å². The maximum Gasteiger partial charge on any atom is 0.405 e. The van der Waals surface area contributed by atoms with Crippen LogP contribution in [0, 0.1) is 0 Å². The standard InChI is InChI=1S/C24H26F3N3O3S/c1-4-33-20-10-9-18(11-21(20)32-3)23-29-19(14-34-23)13-30(2)12-16-5-7-17(8-6-16)22(31)28-15-24(25,26)27/h5-11,14H,4,12-13,15H2,1-3H3,(H,28,31). The Bertz CT molecular complexity index is 1100. The Morgan fingerprint density at radius 3 is 2.50 bits per heavy atom. The van der Waals surface area contributed by atoms with Crippen molar-refractivity contribution >= 4 is 17.2 Å². The van der Waals surface area contributed by atoms with Gasteiger partial charge in [0.05, 0.1) is 19.4 Å². The van der Waals surface area contributed by atoms with Crippen molar-refractivity contribution in [2.45, 2.75) is 26.2 Å². The number of rotatable bonds is 10. The summed E-state index contributed by atoms with van der Waals surface area (Å²) >= 11 is 1.54. The van der Waals surface area contributed by atoms with Crippen molar-refractivity contribution in [3.63, 3.8) is 0 Å². The van der Waals surface area contributed by atoms with Crippen LogP contribution in [0.4, 0.5) is 13.2 Å². The molecule has 0 saturated heterocycles. The van der Waals surface area contributed by atoms with Gasteiger partial charge in [0.2, 0.25) is 0 Å². The smallest absolute Gasteiger partial charge is 0.405 e. The summed E-state index contributed by atoms with van der Waals surface area (Å²) in [4.78, 5) is 18.6. The number of benzene rings is 2. The molecule has 10 heteroatoms. The molecule has 34 heavy (non-hydrogen) atoms. The minimum absolute atomic E-state index is 0.186. The molecule has 0 aliphatic rings. The molecule has 0 fully saturated rings. The number of amides is 1. The fourth-order valence-electron chi connectivity index (χ4n) is 3.28. The van der Waals surface area contributed by atoms with E-state index in [4.69, 9.17) is 14.5 Å². The molecule has 0 unspecified atom stereocenters. The number of hydrogen-bond donors (Lipinski definition) is 1. The molecular formula is C24H26F3N3O3S. The Hall–Kier alpha value is -3.11. The van der Waals surface area contributed by atoms with Gasteiger partial charge < -0.3 is 14.8 Å². The molecule has 1 N–H and O–H groups in total. The summed E-state index contributed by atoms with van der Waals surface area (Å²) in [5, 5.41) is 4.74. The number of ether oxygens (including phenoxy) is 2. The van der Waals surface area contributed by atoms with Crippen LogP contribution in [0.2, 0.25) is 0 Å². The molecule has 1 aromatic heterocycles. The quantitative estimate of drug-likeness (QED) is 0.424. The second-order valence-electron chi connectivity index (χ2n) is 7.61. The summed E-state index contributed by atoms with van der Waals surface area (Å²) in [6, 6.07) is 12.2. The molecule has 0 atom stereocenters. The highest BCUT2D eigenvalue weighted by atomic mass is 32.1. The molecule has 3 aromatic rings. The summed E-state index contributed by atoms with van der Waals surface area (Å²) in [6.07, 6.45) is -4.44. The van der Waals surface area contributed by atoms with Gasteiger partial charge >= 0.3 is 6.18 Å². The molecule has 0 aliphatic heterocycles. The number of nitrogens with zero attached hydrogens (tertiary/aromatic N) is 2. The number of carbonyl (C=O) groups excluding carboxylic acids is 1. The van der Waals surface area contributed by atoms with E-state index in [-0.39, 0.29) is 5.56 Å². The van der Waals surface area contributed by atoms with E-state index in [2.05, 4.69) is 4.90 Å². The third-order valence-electron chi connectivity index (χ3n) is 4.81. The van der Waals surface area contributed by atoms with E-state index in [1.165, 1.54) is 12.1 Å². The third-order valence-corrected chi connectivity index (χ3v) is 5.75. The highest BCUT2D eigenvalue weighted by molar-refractivity contribution is 7.13. The van der Waals surface area contributed by atoms with Gasteiger partial charge in [0.25, 0.3) is 5.91 Å². The van der Waals surface area contributed by atoms with Crippen LogP contribution in [0.15, 0.2) is 47.8 Å². The van der Waals surface area contributed by atoms with Crippen molar-refractivity contribution in [1.29, 1.82) is 0 Å². The van der Waals surface area contributed by atoms with Crippen LogP contribution in [0.25, 0.3) is 10.6 Å². The Kier molecular flexibility index (Phi) is 8.51. The molecule has 0 saturated carbocycles. The third kappa shape index (κ3) is 7.19. The van der Waals surface area contributed by atoms with Gasteiger partial charge in [-0.3, -0.25) is 9.69 Å². The lowest BCUT2D eigenvalue weighted by atomic mass is 10.1. The first-order valence-corrected chi connectivity index (χ1v) is 11.4. The van der Waals surface area contributed by atoms with Gasteiger partial charge in [-0.05, 0) is 49.9 Å². The van der Waals surface area contributed by atoms with Crippen molar-refractivity contribution < 1.29 is 27.4 Å². The summed E-state index contributed by atoms with van der Waals surface area (Å²) in [5.74, 6) is 0.594. The van der Waals surface area contributed by atoms with Crippen molar-refractivity contribution in [3.8, 4) is 22.1 Å². The Morgan fingerprint density at radius 2 is 1.85 bits per heavy atom. The molecule has 0 bridgehead atoms. The molecule has 1 amide bonds. The van der Waals surface area contributed by atoms with Gasteiger partial charge in [-0.25, -0.2) is 4.98 Å². The lowest BCUT2D eigenvalue weighted by Crippen LogP contribution is -2.33. The van der Waals surface area contributed by atoms with Crippen molar-refractivity contribution in [1.82, 2.24) is 15.2 Å². The van der Waals surface area contributed by atoms with Crippen molar-refractivity contribution in [2.75, 3.05) is 27.3 Å². The number of nitrogens with one attached hydrogen (secondary N) is 1. The maximum absolute atomic E-state index is 12.3. The zero-order valence-electron chi connectivity index (χ0n) is 19.1. The number of thiazole rings is 1. The lowest BCUT2D eigenvalue weighted by molar-refractivity contribution is -0.123. The Labute approximate surface area is 200 Å². The zero-order chi connectivity index (χ0) is 24.7. The predicted molar refractivity (Wildman–Crippen MR) is 125 cm³/mol. The van der Waals surface area contributed by atoms with E-state index in [0.29, 0.717) is 31.2 Å². The number of alkyl halides is 3. The van der Waals surface area contributed by atoms with Crippen molar-refractivity contribution in [2.24, 2.45) is 0 Å². The SMILES string of the molecule is CCOc1ccc(-c2nc(CN(C)Cc3ccc(C(=O)NCC(F)(F)F)cc3)cs2)cc1OC. The summed E-state index contributed by atoms with van der Waals surface area (Å²) in [7, 11) is 3.55. The molecule has 1 heterocycles. The van der Waals surface area contributed by atoms with Gasteiger partial charge in [-0.15, -0.1) is 11.3 Å². The molecule has 3 rings (SSSR count). The fourth-order valence-corrected chi connectivity index (χ4v) is 4.08. The average Bonchev–Trinajstić information content (AvgIpc) is 3.26. The Balaban J connectivity index is 1.58. The Morgan fingerprint density at radius 1 is 1.12 bits per heavy atom. The fraction of sp³-hybridized carbons (Fsp3) is 0.333. The van der Waals surface area contributed by atoms with Gasteiger partial charge in [-0.1, -0.05) is 12.1 Å². The second kappa shape index (κ2) is 11.3. The van der Waals surface area contributed by atoms with Crippen LogP contribution in [0.3, 0.4) is 0 Å². The van der Waals surface area contributed by atoms with E-state index in [1.807, 2.05) is 42.9 Å². The topological polar surface area (TPSA) is 63.7 Å². The van der Waals surface area contributed by atoms with Gasteiger partial charge in [0, 0.05) is 29.6 Å². The number of hydrogen-bond acceptors (Lipinski definition) is 6. The molecule has 0 spiro atoms. The van der Waals surface area contributed by atoms with E-state index < -0.39 is 18.6 Å². The largest absolute Gasteiger partial charge is 0.493 e. The number of halogens is 3.